The third-order valence-corrected chi connectivity index (χ3v) is 4.70. The standard InChI is InChI=1S/C19H18Cl2F2O/c20-18(13-22,11-15-7-3-1-4-8-15)17(24)19(21,14-23)12-16-9-5-2-6-10-16/h1-10H,11-14H2. The molecule has 2 aromatic rings. The topological polar surface area (TPSA) is 17.1 Å². The summed E-state index contributed by atoms with van der Waals surface area (Å²) in [5.41, 5.74) is 1.38. The van der Waals surface area contributed by atoms with Crippen LogP contribution in [0.2, 0.25) is 0 Å². The van der Waals surface area contributed by atoms with Crippen LogP contribution in [-0.2, 0) is 17.6 Å². The van der Waals surface area contributed by atoms with E-state index in [-0.39, 0.29) is 12.8 Å². The summed E-state index contributed by atoms with van der Waals surface area (Å²) in [6, 6.07) is 17.6. The van der Waals surface area contributed by atoms with Crippen LogP contribution in [0, 0.1) is 0 Å². The van der Waals surface area contributed by atoms with Crippen molar-refractivity contribution in [3.8, 4) is 0 Å². The predicted octanol–water partition coefficient (Wildman–Crippen LogP) is 4.94. The van der Waals surface area contributed by atoms with Gasteiger partial charge in [-0.15, -0.1) is 23.2 Å². The van der Waals surface area contributed by atoms with E-state index < -0.39 is 28.9 Å². The van der Waals surface area contributed by atoms with Gasteiger partial charge in [0.05, 0.1) is 0 Å². The molecular weight excluding hydrogens is 353 g/mol. The van der Waals surface area contributed by atoms with E-state index in [9.17, 15) is 13.6 Å². The Kier molecular flexibility index (Phi) is 6.36. The lowest BCUT2D eigenvalue weighted by molar-refractivity contribution is -0.125. The number of halogens is 4. The van der Waals surface area contributed by atoms with Crippen LogP contribution in [0.15, 0.2) is 60.7 Å². The minimum Gasteiger partial charge on any atom is -0.295 e. The van der Waals surface area contributed by atoms with Gasteiger partial charge in [0.15, 0.2) is 5.78 Å². The van der Waals surface area contributed by atoms with Crippen LogP contribution < -0.4 is 0 Å². The number of benzene rings is 2. The van der Waals surface area contributed by atoms with Crippen LogP contribution in [0.25, 0.3) is 0 Å². The highest BCUT2D eigenvalue weighted by Gasteiger charge is 2.49. The number of rotatable bonds is 8. The van der Waals surface area contributed by atoms with Gasteiger partial charge in [0.1, 0.15) is 23.1 Å². The summed E-state index contributed by atoms with van der Waals surface area (Å²) in [4.78, 5) is 9.04. The first-order valence-corrected chi connectivity index (χ1v) is 8.32. The average molecular weight is 371 g/mol. The minimum absolute atomic E-state index is 0.0476. The Morgan fingerprint density at radius 3 is 1.38 bits per heavy atom. The predicted molar refractivity (Wildman–Crippen MR) is 94.4 cm³/mol. The first kappa shape index (κ1) is 18.9. The van der Waals surface area contributed by atoms with Crippen molar-refractivity contribution >= 4 is 29.0 Å². The molecule has 0 aromatic heterocycles. The lowest BCUT2D eigenvalue weighted by atomic mass is 9.84. The van der Waals surface area contributed by atoms with Crippen molar-refractivity contribution in [3.63, 3.8) is 0 Å². The molecule has 0 aliphatic heterocycles. The molecule has 0 aliphatic rings. The van der Waals surface area contributed by atoms with Gasteiger partial charge >= 0.3 is 0 Å². The quantitative estimate of drug-likeness (QED) is 0.601. The summed E-state index contributed by atoms with van der Waals surface area (Å²) in [6.45, 7) is -2.24. The summed E-state index contributed by atoms with van der Waals surface area (Å²) in [6.07, 6.45) is -0.0953. The summed E-state index contributed by atoms with van der Waals surface area (Å²) in [7, 11) is 0. The van der Waals surface area contributed by atoms with Crippen LogP contribution in [0.3, 0.4) is 0 Å². The van der Waals surface area contributed by atoms with Crippen LogP contribution in [-0.4, -0.2) is 28.9 Å². The molecule has 0 aliphatic carbocycles. The maximum atomic E-state index is 13.6. The number of hydrogen-bond acceptors (Lipinski definition) is 1. The molecule has 0 spiro atoms. The molecule has 2 atom stereocenters. The Hall–Kier alpha value is -1.45. The van der Waals surface area contributed by atoms with Gasteiger partial charge in [0.25, 0.3) is 0 Å². The van der Waals surface area contributed by atoms with Crippen LogP contribution in [0.5, 0.6) is 0 Å². The summed E-state index contributed by atoms with van der Waals surface area (Å²) in [5, 5.41) is 0. The smallest absolute Gasteiger partial charge is 0.180 e. The van der Waals surface area contributed by atoms with Gasteiger partial charge in [-0.25, -0.2) is 8.78 Å². The molecular formula is C19H18Cl2F2O. The van der Waals surface area contributed by atoms with Gasteiger partial charge in [-0.2, -0.15) is 0 Å². The largest absolute Gasteiger partial charge is 0.295 e. The van der Waals surface area contributed by atoms with Crippen molar-refractivity contribution in [2.75, 3.05) is 13.3 Å². The van der Waals surface area contributed by atoms with Crippen molar-refractivity contribution in [2.45, 2.75) is 22.6 Å². The van der Waals surface area contributed by atoms with Crippen molar-refractivity contribution in [1.82, 2.24) is 0 Å². The number of carbonyl (C=O) groups excluding carboxylic acids is 1. The van der Waals surface area contributed by atoms with E-state index >= 15 is 0 Å². The molecule has 0 bridgehead atoms. The van der Waals surface area contributed by atoms with Gasteiger partial charge in [0, 0.05) is 12.8 Å². The van der Waals surface area contributed by atoms with E-state index in [0.717, 1.165) is 0 Å². The number of hydrogen-bond donors (Lipinski definition) is 0. The zero-order chi connectivity index (χ0) is 17.6. The molecule has 1 nitrogen and oxygen atoms in total. The molecule has 0 fully saturated rings. The Morgan fingerprint density at radius 1 is 0.750 bits per heavy atom. The fraction of sp³-hybridized carbons (Fsp3) is 0.316. The Morgan fingerprint density at radius 2 is 1.08 bits per heavy atom. The molecule has 2 rings (SSSR count). The molecule has 5 heteroatoms. The molecule has 2 unspecified atom stereocenters. The normalized spacial score (nSPS) is 16.2. The second-order valence-corrected chi connectivity index (χ2v) is 7.30. The van der Waals surface area contributed by atoms with Crippen molar-refractivity contribution in [1.29, 1.82) is 0 Å². The van der Waals surface area contributed by atoms with Gasteiger partial charge < -0.3 is 0 Å². The minimum atomic E-state index is -1.88. The van der Waals surface area contributed by atoms with E-state index in [0.29, 0.717) is 11.1 Å². The Balaban J connectivity index is 2.26. The zero-order valence-electron chi connectivity index (χ0n) is 13.0. The van der Waals surface area contributed by atoms with E-state index in [1.807, 2.05) is 0 Å². The van der Waals surface area contributed by atoms with Gasteiger partial charge in [0.2, 0.25) is 0 Å². The molecule has 0 saturated heterocycles. The maximum absolute atomic E-state index is 13.6. The second kappa shape index (κ2) is 8.09. The first-order valence-electron chi connectivity index (χ1n) is 7.56. The monoisotopic (exact) mass is 370 g/mol. The third-order valence-electron chi connectivity index (χ3n) is 3.89. The van der Waals surface area contributed by atoms with E-state index in [1.165, 1.54) is 0 Å². The Bertz CT molecular complexity index is 608. The third kappa shape index (κ3) is 4.34. The highest BCUT2D eigenvalue weighted by atomic mass is 35.5. The molecule has 0 radical (unpaired) electrons. The van der Waals surface area contributed by atoms with Crippen LogP contribution in [0.1, 0.15) is 11.1 Å². The second-order valence-electron chi connectivity index (χ2n) is 5.85. The van der Waals surface area contributed by atoms with Gasteiger partial charge in [-0.3, -0.25) is 4.79 Å². The fourth-order valence-electron chi connectivity index (χ4n) is 2.62. The maximum Gasteiger partial charge on any atom is 0.180 e. The molecule has 2 aromatic carbocycles. The first-order chi connectivity index (χ1) is 11.4. The number of Topliss-reactive ketones (excluding diaryl/α,β-unsaturated/α-hetero) is 1. The molecule has 0 amide bonds. The molecule has 0 heterocycles. The Labute approximate surface area is 150 Å². The van der Waals surface area contributed by atoms with Crippen molar-refractivity contribution < 1.29 is 13.6 Å². The van der Waals surface area contributed by atoms with Crippen LogP contribution in [0.4, 0.5) is 8.78 Å². The SMILES string of the molecule is O=C(C(Cl)(CF)Cc1ccccc1)C(Cl)(CF)Cc1ccccc1. The van der Waals surface area contributed by atoms with E-state index in [2.05, 4.69) is 0 Å². The van der Waals surface area contributed by atoms with E-state index in [1.54, 1.807) is 60.7 Å². The number of ketones is 1. The zero-order valence-corrected chi connectivity index (χ0v) is 14.5. The summed E-state index contributed by atoms with van der Waals surface area (Å²) < 4.78 is 27.3. The molecule has 0 saturated carbocycles. The van der Waals surface area contributed by atoms with Gasteiger partial charge in [-0.05, 0) is 11.1 Å². The lowest BCUT2D eigenvalue weighted by Crippen LogP contribution is -2.51. The lowest BCUT2D eigenvalue weighted by Gasteiger charge is -2.31. The summed E-state index contributed by atoms with van der Waals surface area (Å²) in [5.74, 6) is -0.823. The number of alkyl halides is 4. The van der Waals surface area contributed by atoms with Crippen molar-refractivity contribution in [3.05, 3.63) is 71.8 Å². The number of carbonyl (C=O) groups is 1. The van der Waals surface area contributed by atoms with Crippen LogP contribution >= 0.6 is 23.2 Å². The van der Waals surface area contributed by atoms with Crippen molar-refractivity contribution in [2.24, 2.45) is 0 Å². The molecule has 0 N–H and O–H groups in total. The molecule has 128 valence electrons. The fourth-order valence-corrected chi connectivity index (χ4v) is 3.34. The highest BCUT2D eigenvalue weighted by molar-refractivity contribution is 6.45. The van der Waals surface area contributed by atoms with Gasteiger partial charge in [-0.1, -0.05) is 60.7 Å². The summed E-state index contributed by atoms with van der Waals surface area (Å²) >= 11 is 12.5. The molecule has 24 heavy (non-hydrogen) atoms. The average Bonchev–Trinajstić information content (AvgIpc) is 2.62. The highest BCUT2D eigenvalue weighted by Crippen LogP contribution is 2.34. The van der Waals surface area contributed by atoms with E-state index in [4.69, 9.17) is 23.2 Å².